The first kappa shape index (κ1) is 19.1. The van der Waals surface area contributed by atoms with E-state index in [9.17, 15) is 18.0 Å². The number of sulfonamides is 1. The number of likely N-dealkylation sites (N-methyl/N-ethyl adjacent to an activating group) is 1. The summed E-state index contributed by atoms with van der Waals surface area (Å²) in [5, 5.41) is 0. The van der Waals surface area contributed by atoms with Crippen LogP contribution in [0.4, 0.5) is 0 Å². The minimum Gasteiger partial charge on any atom is -0.341 e. The monoisotopic (exact) mass is 381 g/mol. The predicted molar refractivity (Wildman–Crippen MR) is 98.3 cm³/mol. The number of carbonyl (C=O) groups is 1. The Bertz CT molecular complexity index is 806. The van der Waals surface area contributed by atoms with Crippen molar-refractivity contribution in [2.75, 3.05) is 20.1 Å². The molecule has 1 aromatic rings. The van der Waals surface area contributed by atoms with Gasteiger partial charge in [0, 0.05) is 38.4 Å². The van der Waals surface area contributed by atoms with Crippen LogP contribution in [0.15, 0.2) is 28.0 Å². The van der Waals surface area contributed by atoms with Gasteiger partial charge < -0.3 is 9.47 Å². The number of hydrogen-bond donors (Lipinski definition) is 0. The highest BCUT2D eigenvalue weighted by Crippen LogP contribution is 2.22. The van der Waals surface area contributed by atoms with Crippen molar-refractivity contribution in [2.45, 2.75) is 62.4 Å². The number of hydrogen-bond acceptors (Lipinski definition) is 4. The maximum Gasteiger partial charge on any atom is 0.251 e. The number of carbonyl (C=O) groups excluding carboxylic acids is 1. The van der Waals surface area contributed by atoms with E-state index in [0.717, 1.165) is 38.5 Å². The van der Waals surface area contributed by atoms with Crippen LogP contribution in [0.25, 0.3) is 0 Å². The van der Waals surface area contributed by atoms with Crippen LogP contribution in [0, 0.1) is 0 Å². The van der Waals surface area contributed by atoms with Crippen molar-refractivity contribution in [1.29, 1.82) is 0 Å². The lowest BCUT2D eigenvalue weighted by atomic mass is 9.94. The van der Waals surface area contributed by atoms with Crippen LogP contribution >= 0.6 is 0 Å². The molecule has 0 spiro atoms. The average Bonchev–Trinajstić information content (AvgIpc) is 3.19. The molecule has 1 aliphatic carbocycles. The first-order valence-corrected chi connectivity index (χ1v) is 10.8. The molecule has 1 amide bonds. The summed E-state index contributed by atoms with van der Waals surface area (Å²) in [6.45, 7) is 0.880. The molecule has 8 heteroatoms. The Kier molecular flexibility index (Phi) is 5.82. The van der Waals surface area contributed by atoms with Gasteiger partial charge in [0.15, 0.2) is 0 Å². The Labute approximate surface area is 154 Å². The summed E-state index contributed by atoms with van der Waals surface area (Å²) in [4.78, 5) is 26.5. The van der Waals surface area contributed by atoms with Crippen molar-refractivity contribution in [1.82, 2.24) is 13.8 Å². The van der Waals surface area contributed by atoms with Crippen LogP contribution < -0.4 is 5.56 Å². The fraction of sp³-hybridized carbons (Fsp3) is 0.667. The maximum absolute atomic E-state index is 12.7. The van der Waals surface area contributed by atoms with Crippen molar-refractivity contribution in [2.24, 2.45) is 0 Å². The predicted octanol–water partition coefficient (Wildman–Crippen LogP) is 1.42. The molecule has 26 heavy (non-hydrogen) atoms. The SMILES string of the molecule is CN(C(=O)Cn1cc(S(=O)(=O)N2CCCC2)ccc1=O)C1CCCCC1. The molecule has 0 aromatic carbocycles. The van der Waals surface area contributed by atoms with E-state index in [1.54, 1.807) is 11.9 Å². The van der Waals surface area contributed by atoms with Crippen molar-refractivity contribution in [3.05, 3.63) is 28.7 Å². The molecule has 1 aliphatic heterocycles. The summed E-state index contributed by atoms with van der Waals surface area (Å²) < 4.78 is 28.0. The largest absolute Gasteiger partial charge is 0.341 e. The second-order valence-corrected chi connectivity index (χ2v) is 9.18. The molecular weight excluding hydrogens is 354 g/mol. The molecule has 2 fully saturated rings. The molecule has 0 unspecified atom stereocenters. The Balaban J connectivity index is 1.77. The zero-order valence-electron chi connectivity index (χ0n) is 15.3. The molecule has 1 saturated heterocycles. The van der Waals surface area contributed by atoms with Crippen LogP contribution in [-0.2, 0) is 21.4 Å². The third kappa shape index (κ3) is 4.01. The smallest absolute Gasteiger partial charge is 0.251 e. The first-order valence-electron chi connectivity index (χ1n) is 9.36. The molecule has 0 radical (unpaired) electrons. The van der Waals surface area contributed by atoms with E-state index in [1.807, 2.05) is 0 Å². The summed E-state index contributed by atoms with van der Waals surface area (Å²) in [6, 6.07) is 2.78. The normalized spacial score (nSPS) is 19.6. The maximum atomic E-state index is 12.7. The van der Waals surface area contributed by atoms with Gasteiger partial charge in [-0.2, -0.15) is 4.31 Å². The van der Waals surface area contributed by atoms with Crippen LogP contribution in [0.1, 0.15) is 44.9 Å². The second kappa shape index (κ2) is 7.92. The lowest BCUT2D eigenvalue weighted by molar-refractivity contribution is -0.133. The first-order chi connectivity index (χ1) is 12.4. The third-order valence-electron chi connectivity index (χ3n) is 5.48. The summed E-state index contributed by atoms with van der Waals surface area (Å²) in [6.07, 6.45) is 8.42. The van der Waals surface area contributed by atoms with E-state index in [0.29, 0.717) is 13.1 Å². The van der Waals surface area contributed by atoms with Gasteiger partial charge in [0.05, 0.1) is 4.90 Å². The van der Waals surface area contributed by atoms with Crippen LogP contribution in [0.5, 0.6) is 0 Å². The Morgan fingerprint density at radius 1 is 1.12 bits per heavy atom. The molecule has 7 nitrogen and oxygen atoms in total. The quantitative estimate of drug-likeness (QED) is 0.773. The van der Waals surface area contributed by atoms with Gasteiger partial charge in [-0.15, -0.1) is 0 Å². The zero-order chi connectivity index (χ0) is 18.7. The van der Waals surface area contributed by atoms with Gasteiger partial charge >= 0.3 is 0 Å². The van der Waals surface area contributed by atoms with Gasteiger partial charge in [-0.05, 0) is 31.7 Å². The summed E-state index contributed by atoms with van der Waals surface area (Å²) in [5.41, 5.74) is -0.365. The fourth-order valence-corrected chi connectivity index (χ4v) is 5.33. The fourth-order valence-electron chi connectivity index (χ4n) is 3.79. The van der Waals surface area contributed by atoms with E-state index in [-0.39, 0.29) is 28.9 Å². The molecule has 0 atom stereocenters. The Morgan fingerprint density at radius 2 is 1.77 bits per heavy atom. The number of rotatable bonds is 5. The van der Waals surface area contributed by atoms with Gasteiger partial charge in [0.1, 0.15) is 6.54 Å². The summed E-state index contributed by atoms with van der Waals surface area (Å²) in [7, 11) is -1.83. The molecule has 144 valence electrons. The molecule has 2 aliphatic rings. The Morgan fingerprint density at radius 3 is 2.42 bits per heavy atom. The van der Waals surface area contributed by atoms with Crippen LogP contribution in [0.3, 0.4) is 0 Å². The third-order valence-corrected chi connectivity index (χ3v) is 7.36. The van der Waals surface area contributed by atoms with Crippen molar-refractivity contribution in [3.63, 3.8) is 0 Å². The molecule has 2 heterocycles. The average molecular weight is 381 g/mol. The standard InChI is InChI=1S/C18H27N3O4S/c1-19(15-7-3-2-4-8-15)18(23)14-20-13-16(9-10-17(20)22)26(24,25)21-11-5-6-12-21/h9-10,13,15H,2-8,11-12,14H2,1H3. The molecule has 1 saturated carbocycles. The Hall–Kier alpha value is -1.67. The lowest BCUT2D eigenvalue weighted by Crippen LogP contribution is -2.41. The highest BCUT2D eigenvalue weighted by Gasteiger charge is 2.28. The van der Waals surface area contributed by atoms with Gasteiger partial charge in [0.25, 0.3) is 5.56 Å². The lowest BCUT2D eigenvalue weighted by Gasteiger charge is -2.31. The van der Waals surface area contributed by atoms with Crippen molar-refractivity contribution in [3.8, 4) is 0 Å². The van der Waals surface area contributed by atoms with E-state index >= 15 is 0 Å². The van der Waals surface area contributed by atoms with Crippen molar-refractivity contribution < 1.29 is 13.2 Å². The highest BCUT2D eigenvalue weighted by molar-refractivity contribution is 7.89. The highest BCUT2D eigenvalue weighted by atomic mass is 32.2. The number of aromatic nitrogens is 1. The topological polar surface area (TPSA) is 79.7 Å². The van der Waals surface area contributed by atoms with Crippen molar-refractivity contribution >= 4 is 15.9 Å². The molecular formula is C18H27N3O4S. The van der Waals surface area contributed by atoms with Crippen LogP contribution in [-0.4, -0.2) is 54.3 Å². The summed E-state index contributed by atoms with van der Waals surface area (Å²) in [5.74, 6) is -0.158. The van der Waals surface area contributed by atoms with E-state index in [4.69, 9.17) is 0 Å². The molecule has 1 aromatic heterocycles. The van der Waals surface area contributed by atoms with E-state index in [2.05, 4.69) is 0 Å². The van der Waals surface area contributed by atoms with Gasteiger partial charge in [-0.1, -0.05) is 19.3 Å². The molecule has 0 N–H and O–H groups in total. The number of pyridine rings is 1. The summed E-state index contributed by atoms with van der Waals surface area (Å²) >= 11 is 0. The number of nitrogens with zero attached hydrogens (tertiary/aromatic N) is 3. The van der Waals surface area contributed by atoms with Gasteiger partial charge in [-0.3, -0.25) is 9.59 Å². The molecule has 3 rings (SSSR count). The van der Waals surface area contributed by atoms with Gasteiger partial charge in [-0.25, -0.2) is 8.42 Å². The number of amides is 1. The van der Waals surface area contributed by atoms with Gasteiger partial charge in [0.2, 0.25) is 15.9 Å². The molecule has 0 bridgehead atoms. The minimum absolute atomic E-state index is 0.0760. The van der Waals surface area contributed by atoms with E-state index < -0.39 is 10.0 Å². The zero-order valence-corrected chi connectivity index (χ0v) is 16.1. The second-order valence-electron chi connectivity index (χ2n) is 7.24. The van der Waals surface area contributed by atoms with Crippen LogP contribution in [0.2, 0.25) is 0 Å². The van der Waals surface area contributed by atoms with E-state index in [1.165, 1.54) is 33.6 Å². The minimum atomic E-state index is -3.61.